The maximum Gasteiger partial charge on any atom is 0.398 e. The molecule has 0 saturated carbocycles. The highest BCUT2D eigenvalue weighted by atomic mass is 19.4. The quantitative estimate of drug-likeness (QED) is 0.514. The molecule has 0 radical (unpaired) electrons. The van der Waals surface area contributed by atoms with Crippen molar-refractivity contribution in [2.45, 2.75) is 25.9 Å². The molecule has 0 aromatic rings. The van der Waals surface area contributed by atoms with Crippen LogP contribution < -0.4 is 0 Å². The van der Waals surface area contributed by atoms with Crippen LogP contribution in [0.5, 0.6) is 0 Å². The molecule has 0 N–H and O–H groups in total. The standard InChI is InChI=1S/C8H11F3O3/c1-2-14-7(13)4-3-6(5-12)8(9,10)11/h5-6H,2-4H2,1H3/t6-/m1/s1. The van der Waals surface area contributed by atoms with Crippen LogP contribution in [-0.2, 0) is 14.3 Å². The number of halogens is 3. The lowest BCUT2D eigenvalue weighted by molar-refractivity contribution is -0.176. The van der Waals surface area contributed by atoms with Gasteiger partial charge in [-0.25, -0.2) is 0 Å². The van der Waals surface area contributed by atoms with Gasteiger partial charge in [0.05, 0.1) is 6.61 Å². The van der Waals surface area contributed by atoms with E-state index in [2.05, 4.69) is 4.74 Å². The van der Waals surface area contributed by atoms with Gasteiger partial charge in [0.15, 0.2) is 0 Å². The van der Waals surface area contributed by atoms with E-state index >= 15 is 0 Å². The van der Waals surface area contributed by atoms with Crippen LogP contribution in [0.25, 0.3) is 0 Å². The minimum absolute atomic E-state index is 0.122. The van der Waals surface area contributed by atoms with Crippen molar-refractivity contribution in [3.63, 3.8) is 0 Å². The lowest BCUT2D eigenvalue weighted by Gasteiger charge is -2.13. The van der Waals surface area contributed by atoms with Crippen molar-refractivity contribution in [1.82, 2.24) is 0 Å². The highest BCUT2D eigenvalue weighted by molar-refractivity contribution is 5.70. The van der Waals surface area contributed by atoms with Gasteiger partial charge < -0.3 is 9.53 Å². The van der Waals surface area contributed by atoms with Gasteiger partial charge in [-0.2, -0.15) is 13.2 Å². The third-order valence-electron chi connectivity index (χ3n) is 1.55. The summed E-state index contributed by atoms with van der Waals surface area (Å²) >= 11 is 0. The van der Waals surface area contributed by atoms with Crippen LogP contribution in [0.3, 0.4) is 0 Å². The number of ether oxygens (including phenoxy) is 1. The van der Waals surface area contributed by atoms with Crippen molar-refractivity contribution in [3.8, 4) is 0 Å². The highest BCUT2D eigenvalue weighted by Crippen LogP contribution is 2.28. The van der Waals surface area contributed by atoms with E-state index in [-0.39, 0.29) is 12.9 Å². The Morgan fingerprint density at radius 3 is 2.43 bits per heavy atom. The number of aldehydes is 1. The minimum atomic E-state index is -4.58. The lowest BCUT2D eigenvalue weighted by atomic mass is 10.1. The van der Waals surface area contributed by atoms with Gasteiger partial charge in [0.1, 0.15) is 12.2 Å². The molecule has 0 heterocycles. The Labute approximate surface area is 79.2 Å². The number of esters is 1. The monoisotopic (exact) mass is 212 g/mol. The van der Waals surface area contributed by atoms with Gasteiger partial charge >= 0.3 is 12.1 Å². The first-order valence-electron chi connectivity index (χ1n) is 4.09. The molecule has 0 aliphatic rings. The molecule has 0 unspecified atom stereocenters. The third-order valence-corrected chi connectivity index (χ3v) is 1.55. The van der Waals surface area contributed by atoms with Crippen molar-refractivity contribution in [2.24, 2.45) is 5.92 Å². The second-order valence-electron chi connectivity index (χ2n) is 2.63. The molecule has 3 nitrogen and oxygen atoms in total. The summed E-state index contributed by atoms with van der Waals surface area (Å²) in [6, 6.07) is 0. The molecule has 0 saturated heterocycles. The fourth-order valence-corrected chi connectivity index (χ4v) is 0.815. The van der Waals surface area contributed by atoms with Crippen molar-refractivity contribution in [1.29, 1.82) is 0 Å². The molecular weight excluding hydrogens is 201 g/mol. The predicted molar refractivity (Wildman–Crippen MR) is 41.5 cm³/mol. The van der Waals surface area contributed by atoms with Gasteiger partial charge in [-0.1, -0.05) is 0 Å². The average Bonchev–Trinajstić information content (AvgIpc) is 2.03. The van der Waals surface area contributed by atoms with Crippen LogP contribution in [0.4, 0.5) is 13.2 Å². The highest BCUT2D eigenvalue weighted by Gasteiger charge is 2.39. The first-order valence-corrected chi connectivity index (χ1v) is 4.09. The molecule has 0 rings (SSSR count). The lowest BCUT2D eigenvalue weighted by Crippen LogP contribution is -2.25. The number of carbonyl (C=O) groups excluding carboxylic acids is 2. The summed E-state index contributed by atoms with van der Waals surface area (Å²) in [7, 11) is 0. The Balaban J connectivity index is 3.97. The van der Waals surface area contributed by atoms with E-state index in [0.29, 0.717) is 0 Å². The Morgan fingerprint density at radius 1 is 1.50 bits per heavy atom. The average molecular weight is 212 g/mol. The Kier molecular flexibility index (Phi) is 5.19. The summed E-state index contributed by atoms with van der Waals surface area (Å²) < 4.78 is 40.3. The molecular formula is C8H11F3O3. The minimum Gasteiger partial charge on any atom is -0.466 e. The zero-order valence-corrected chi connectivity index (χ0v) is 7.63. The molecule has 0 spiro atoms. The Morgan fingerprint density at radius 2 is 2.07 bits per heavy atom. The predicted octanol–water partition coefficient (Wildman–Crippen LogP) is 1.71. The van der Waals surface area contributed by atoms with Crippen LogP contribution in [0, 0.1) is 5.92 Å². The van der Waals surface area contributed by atoms with E-state index in [1.54, 1.807) is 6.92 Å². The fraction of sp³-hybridized carbons (Fsp3) is 0.750. The summed E-state index contributed by atoms with van der Waals surface area (Å²) in [6.07, 6.45) is -5.71. The number of carbonyl (C=O) groups is 2. The van der Waals surface area contributed by atoms with Crippen LogP contribution >= 0.6 is 0 Å². The fourth-order valence-electron chi connectivity index (χ4n) is 0.815. The number of alkyl halides is 3. The molecule has 0 aliphatic heterocycles. The summed E-state index contributed by atoms with van der Waals surface area (Å²) in [6.45, 7) is 1.68. The zero-order chi connectivity index (χ0) is 11.2. The van der Waals surface area contributed by atoms with Gasteiger partial charge in [0.2, 0.25) is 0 Å². The van der Waals surface area contributed by atoms with Crippen molar-refractivity contribution < 1.29 is 27.5 Å². The third kappa shape index (κ3) is 4.84. The van der Waals surface area contributed by atoms with E-state index < -0.39 is 30.9 Å². The molecule has 14 heavy (non-hydrogen) atoms. The topological polar surface area (TPSA) is 43.4 Å². The molecule has 0 fully saturated rings. The van der Waals surface area contributed by atoms with Crippen LogP contribution in [0.1, 0.15) is 19.8 Å². The first-order chi connectivity index (χ1) is 6.41. The second kappa shape index (κ2) is 5.62. The van der Waals surface area contributed by atoms with Gasteiger partial charge in [0.25, 0.3) is 0 Å². The number of hydrogen-bond donors (Lipinski definition) is 0. The first kappa shape index (κ1) is 12.9. The molecule has 0 aromatic carbocycles. The summed E-state index contributed by atoms with van der Waals surface area (Å²) in [4.78, 5) is 20.7. The number of rotatable bonds is 5. The van der Waals surface area contributed by atoms with Crippen LogP contribution in [-0.4, -0.2) is 25.0 Å². The Hall–Kier alpha value is -1.07. The maximum atomic E-state index is 12.0. The summed E-state index contributed by atoms with van der Waals surface area (Å²) in [5, 5.41) is 0. The van der Waals surface area contributed by atoms with Gasteiger partial charge in [0, 0.05) is 6.42 Å². The van der Waals surface area contributed by atoms with Crippen molar-refractivity contribution >= 4 is 12.3 Å². The van der Waals surface area contributed by atoms with E-state index in [9.17, 15) is 22.8 Å². The smallest absolute Gasteiger partial charge is 0.398 e. The number of hydrogen-bond acceptors (Lipinski definition) is 3. The largest absolute Gasteiger partial charge is 0.466 e. The molecule has 0 aliphatic carbocycles. The molecule has 0 amide bonds. The van der Waals surface area contributed by atoms with Gasteiger partial charge in [-0.3, -0.25) is 4.79 Å². The zero-order valence-electron chi connectivity index (χ0n) is 7.63. The van der Waals surface area contributed by atoms with Crippen LogP contribution in [0.2, 0.25) is 0 Å². The molecule has 0 bridgehead atoms. The van der Waals surface area contributed by atoms with Gasteiger partial charge in [-0.05, 0) is 13.3 Å². The maximum absolute atomic E-state index is 12.0. The molecule has 0 aromatic heterocycles. The molecule has 1 atom stereocenters. The van der Waals surface area contributed by atoms with Gasteiger partial charge in [-0.15, -0.1) is 0 Å². The van der Waals surface area contributed by atoms with Crippen molar-refractivity contribution in [3.05, 3.63) is 0 Å². The normalized spacial score (nSPS) is 13.4. The molecule has 82 valence electrons. The van der Waals surface area contributed by atoms with E-state index in [0.717, 1.165) is 0 Å². The second-order valence-corrected chi connectivity index (χ2v) is 2.63. The molecule has 6 heteroatoms. The Bertz CT molecular complexity index is 200. The van der Waals surface area contributed by atoms with E-state index in [1.807, 2.05) is 0 Å². The SMILES string of the molecule is CCOC(=O)CC[C@H](C=O)C(F)(F)F. The summed E-state index contributed by atoms with van der Waals surface area (Å²) in [5.74, 6) is -2.80. The van der Waals surface area contributed by atoms with Crippen molar-refractivity contribution in [2.75, 3.05) is 6.61 Å². The van der Waals surface area contributed by atoms with E-state index in [4.69, 9.17) is 0 Å². The van der Waals surface area contributed by atoms with E-state index in [1.165, 1.54) is 0 Å². The van der Waals surface area contributed by atoms with Crippen LogP contribution in [0.15, 0.2) is 0 Å². The summed E-state index contributed by atoms with van der Waals surface area (Å²) in [5.41, 5.74) is 0.